The van der Waals surface area contributed by atoms with E-state index in [1.54, 1.807) is 0 Å². The van der Waals surface area contributed by atoms with Crippen LogP contribution in [-0.4, -0.2) is 11.1 Å². The molecule has 0 radical (unpaired) electrons. The lowest BCUT2D eigenvalue weighted by atomic mass is 9.85. The minimum absolute atomic E-state index is 0.312. The molecular formula is C18H18O2. The molecule has 2 aromatic carbocycles. The zero-order valence-electron chi connectivity index (χ0n) is 11.8. The molecule has 0 aromatic heterocycles. The Bertz CT molecular complexity index is 593. The molecule has 0 saturated heterocycles. The average molecular weight is 266 g/mol. The fourth-order valence-corrected chi connectivity index (χ4v) is 3.07. The second-order valence-corrected chi connectivity index (χ2v) is 5.80. The first-order valence-corrected chi connectivity index (χ1v) is 6.91. The lowest BCUT2D eigenvalue weighted by Crippen LogP contribution is -2.16. The van der Waals surface area contributed by atoms with Crippen LogP contribution in [0.1, 0.15) is 28.7 Å². The van der Waals surface area contributed by atoms with Crippen molar-refractivity contribution in [2.45, 2.75) is 25.7 Å². The SMILES string of the molecule is Cc1ccc(C2(c3ccc(C)cc3)CC2C(=O)O)cc1. The van der Waals surface area contributed by atoms with Gasteiger partial charge in [0, 0.05) is 5.41 Å². The minimum atomic E-state index is -0.703. The van der Waals surface area contributed by atoms with Crippen LogP contribution in [-0.2, 0) is 10.2 Å². The van der Waals surface area contributed by atoms with Gasteiger partial charge < -0.3 is 5.11 Å². The van der Waals surface area contributed by atoms with Crippen LogP contribution in [0.5, 0.6) is 0 Å². The topological polar surface area (TPSA) is 37.3 Å². The van der Waals surface area contributed by atoms with E-state index in [0.717, 1.165) is 11.1 Å². The van der Waals surface area contributed by atoms with Crippen molar-refractivity contribution in [2.75, 3.05) is 0 Å². The van der Waals surface area contributed by atoms with Crippen molar-refractivity contribution in [3.05, 3.63) is 70.8 Å². The van der Waals surface area contributed by atoms with Gasteiger partial charge in [0.1, 0.15) is 0 Å². The van der Waals surface area contributed by atoms with Crippen molar-refractivity contribution in [2.24, 2.45) is 5.92 Å². The van der Waals surface area contributed by atoms with Crippen LogP contribution in [0.4, 0.5) is 0 Å². The Balaban J connectivity index is 2.09. The maximum atomic E-state index is 11.5. The average Bonchev–Trinajstić information content (AvgIpc) is 3.17. The summed E-state index contributed by atoms with van der Waals surface area (Å²) < 4.78 is 0. The summed E-state index contributed by atoms with van der Waals surface area (Å²) in [6, 6.07) is 16.5. The molecule has 1 N–H and O–H groups in total. The number of benzene rings is 2. The smallest absolute Gasteiger partial charge is 0.307 e. The highest BCUT2D eigenvalue weighted by molar-refractivity contribution is 5.79. The maximum absolute atomic E-state index is 11.5. The van der Waals surface area contributed by atoms with Crippen LogP contribution in [0.3, 0.4) is 0 Å². The molecule has 0 heterocycles. The fourth-order valence-electron chi connectivity index (χ4n) is 3.07. The van der Waals surface area contributed by atoms with Crippen LogP contribution < -0.4 is 0 Å². The van der Waals surface area contributed by atoms with Gasteiger partial charge in [0.25, 0.3) is 0 Å². The predicted molar refractivity (Wildman–Crippen MR) is 78.9 cm³/mol. The Labute approximate surface area is 119 Å². The van der Waals surface area contributed by atoms with Crippen LogP contribution in [0.15, 0.2) is 48.5 Å². The highest BCUT2D eigenvalue weighted by Gasteiger charge is 2.60. The molecule has 2 aromatic rings. The molecule has 1 aliphatic rings. The molecule has 2 heteroatoms. The Morgan fingerprint density at radius 1 is 0.950 bits per heavy atom. The quantitative estimate of drug-likeness (QED) is 0.919. The molecule has 0 amide bonds. The minimum Gasteiger partial charge on any atom is -0.481 e. The highest BCUT2D eigenvalue weighted by Crippen LogP contribution is 2.58. The summed E-state index contributed by atoms with van der Waals surface area (Å²) >= 11 is 0. The van der Waals surface area contributed by atoms with Crippen LogP contribution in [0.25, 0.3) is 0 Å². The first kappa shape index (κ1) is 12.9. The second kappa shape index (κ2) is 4.48. The van der Waals surface area contributed by atoms with E-state index in [1.165, 1.54) is 11.1 Å². The van der Waals surface area contributed by atoms with Gasteiger partial charge in [0.05, 0.1) is 5.92 Å². The lowest BCUT2D eigenvalue weighted by molar-refractivity contribution is -0.138. The molecule has 1 aliphatic carbocycles. The van der Waals surface area contributed by atoms with Gasteiger partial charge in [-0.3, -0.25) is 4.79 Å². The summed E-state index contributed by atoms with van der Waals surface area (Å²) in [5.41, 5.74) is 4.27. The zero-order valence-corrected chi connectivity index (χ0v) is 11.8. The first-order valence-electron chi connectivity index (χ1n) is 6.91. The van der Waals surface area contributed by atoms with Crippen LogP contribution in [0, 0.1) is 19.8 Å². The summed E-state index contributed by atoms with van der Waals surface area (Å²) in [5, 5.41) is 9.42. The molecule has 3 rings (SSSR count). The Morgan fingerprint density at radius 2 is 1.35 bits per heavy atom. The second-order valence-electron chi connectivity index (χ2n) is 5.80. The molecule has 0 aliphatic heterocycles. The summed E-state index contributed by atoms with van der Waals surface area (Å²) in [6.07, 6.45) is 0.689. The highest BCUT2D eigenvalue weighted by atomic mass is 16.4. The van der Waals surface area contributed by atoms with E-state index in [2.05, 4.69) is 48.5 Å². The van der Waals surface area contributed by atoms with E-state index in [1.807, 2.05) is 13.8 Å². The number of carboxylic acids is 1. The van der Waals surface area contributed by atoms with E-state index in [-0.39, 0.29) is 11.3 Å². The molecular weight excluding hydrogens is 248 g/mol. The van der Waals surface area contributed by atoms with E-state index in [9.17, 15) is 9.90 Å². The Hall–Kier alpha value is -2.09. The van der Waals surface area contributed by atoms with E-state index < -0.39 is 5.97 Å². The molecule has 1 fully saturated rings. The molecule has 1 saturated carbocycles. The van der Waals surface area contributed by atoms with Gasteiger partial charge in [-0.15, -0.1) is 0 Å². The normalized spacial score (nSPS) is 19.6. The Kier molecular flexibility index (Phi) is 2.89. The largest absolute Gasteiger partial charge is 0.481 e. The third-order valence-electron chi connectivity index (χ3n) is 4.39. The summed E-state index contributed by atoms with van der Waals surface area (Å²) in [5.74, 6) is -1.01. The van der Waals surface area contributed by atoms with E-state index in [4.69, 9.17) is 0 Å². The van der Waals surface area contributed by atoms with Gasteiger partial charge in [-0.05, 0) is 31.4 Å². The van der Waals surface area contributed by atoms with Crippen molar-refractivity contribution in [1.82, 2.24) is 0 Å². The third kappa shape index (κ3) is 1.92. The van der Waals surface area contributed by atoms with Gasteiger partial charge >= 0.3 is 5.97 Å². The third-order valence-corrected chi connectivity index (χ3v) is 4.39. The molecule has 20 heavy (non-hydrogen) atoms. The first-order chi connectivity index (χ1) is 9.54. The number of carboxylic acid groups (broad SMARTS) is 1. The maximum Gasteiger partial charge on any atom is 0.307 e. The molecule has 102 valence electrons. The van der Waals surface area contributed by atoms with E-state index >= 15 is 0 Å². The van der Waals surface area contributed by atoms with Crippen LogP contribution >= 0.6 is 0 Å². The lowest BCUT2D eigenvalue weighted by Gasteiger charge is -2.18. The van der Waals surface area contributed by atoms with Crippen molar-refractivity contribution in [3.63, 3.8) is 0 Å². The van der Waals surface area contributed by atoms with Gasteiger partial charge in [-0.25, -0.2) is 0 Å². The monoisotopic (exact) mass is 266 g/mol. The Morgan fingerprint density at radius 3 is 1.65 bits per heavy atom. The van der Waals surface area contributed by atoms with Gasteiger partial charge in [-0.2, -0.15) is 0 Å². The van der Waals surface area contributed by atoms with Crippen molar-refractivity contribution < 1.29 is 9.90 Å². The molecule has 0 spiro atoms. The van der Waals surface area contributed by atoms with Gasteiger partial charge in [-0.1, -0.05) is 59.7 Å². The zero-order chi connectivity index (χ0) is 14.3. The molecule has 1 unspecified atom stereocenters. The summed E-state index contributed by atoms with van der Waals surface area (Å²) in [7, 11) is 0. The summed E-state index contributed by atoms with van der Waals surface area (Å²) in [6.45, 7) is 4.09. The molecule has 1 atom stereocenters. The molecule has 0 bridgehead atoms. The number of rotatable bonds is 3. The standard InChI is InChI=1S/C18H18O2/c1-12-3-7-14(8-4-12)18(11-16(18)17(19)20)15-9-5-13(2)6-10-15/h3-10,16H,11H2,1-2H3,(H,19,20). The number of aryl methyl sites for hydroxylation is 2. The predicted octanol–water partition coefficient (Wildman–Crippen LogP) is 3.69. The van der Waals surface area contributed by atoms with Crippen LogP contribution in [0.2, 0.25) is 0 Å². The van der Waals surface area contributed by atoms with Gasteiger partial charge in [0.2, 0.25) is 0 Å². The van der Waals surface area contributed by atoms with E-state index in [0.29, 0.717) is 6.42 Å². The number of aliphatic carboxylic acids is 1. The number of hydrogen-bond acceptors (Lipinski definition) is 1. The number of hydrogen-bond donors (Lipinski definition) is 1. The van der Waals surface area contributed by atoms with Crippen molar-refractivity contribution in [1.29, 1.82) is 0 Å². The number of carbonyl (C=O) groups is 1. The van der Waals surface area contributed by atoms with Gasteiger partial charge in [0.15, 0.2) is 0 Å². The van der Waals surface area contributed by atoms with Crippen molar-refractivity contribution in [3.8, 4) is 0 Å². The van der Waals surface area contributed by atoms with Crippen molar-refractivity contribution >= 4 is 5.97 Å². The molecule has 2 nitrogen and oxygen atoms in total. The fraction of sp³-hybridized carbons (Fsp3) is 0.278. The summed E-state index contributed by atoms with van der Waals surface area (Å²) in [4.78, 5) is 11.5.